The van der Waals surface area contributed by atoms with Gasteiger partial charge in [0, 0.05) is 25.2 Å². The first-order valence-corrected chi connectivity index (χ1v) is 4.15. The SMILES string of the molecule is CCCC(=O)/C(=C\NC)CC. The first kappa shape index (κ1) is 10.2. The summed E-state index contributed by atoms with van der Waals surface area (Å²) in [5.41, 5.74) is 0.898. The maximum atomic E-state index is 11.3. The van der Waals surface area contributed by atoms with Crippen molar-refractivity contribution >= 4 is 5.78 Å². The van der Waals surface area contributed by atoms with E-state index in [0.717, 1.165) is 18.4 Å². The largest absolute Gasteiger partial charge is 0.394 e. The van der Waals surface area contributed by atoms with Gasteiger partial charge in [-0.3, -0.25) is 4.79 Å². The van der Waals surface area contributed by atoms with Crippen LogP contribution in [0.4, 0.5) is 0 Å². The van der Waals surface area contributed by atoms with Crippen molar-refractivity contribution in [3.63, 3.8) is 0 Å². The Morgan fingerprint density at radius 2 is 2.09 bits per heavy atom. The van der Waals surface area contributed by atoms with E-state index in [1.54, 1.807) is 6.20 Å². The molecule has 0 saturated heterocycles. The Hall–Kier alpha value is -0.790. The van der Waals surface area contributed by atoms with Gasteiger partial charge in [0.15, 0.2) is 5.78 Å². The van der Waals surface area contributed by atoms with Crippen LogP contribution in [0.2, 0.25) is 0 Å². The Morgan fingerprint density at radius 3 is 2.45 bits per heavy atom. The highest BCUT2D eigenvalue weighted by molar-refractivity contribution is 5.95. The van der Waals surface area contributed by atoms with Crippen LogP contribution in [-0.2, 0) is 4.79 Å². The molecule has 2 nitrogen and oxygen atoms in total. The number of carbonyl (C=O) groups excluding carboxylic acids is 1. The summed E-state index contributed by atoms with van der Waals surface area (Å²) in [5.74, 6) is 0.268. The Bertz CT molecular complexity index is 150. The highest BCUT2D eigenvalue weighted by Gasteiger charge is 2.04. The molecule has 1 N–H and O–H groups in total. The number of ketones is 1. The fourth-order valence-electron chi connectivity index (χ4n) is 0.942. The molecular weight excluding hydrogens is 138 g/mol. The molecule has 0 radical (unpaired) electrons. The van der Waals surface area contributed by atoms with E-state index >= 15 is 0 Å². The van der Waals surface area contributed by atoms with Crippen LogP contribution in [0, 0.1) is 0 Å². The van der Waals surface area contributed by atoms with Crippen molar-refractivity contribution in [2.75, 3.05) is 7.05 Å². The van der Waals surface area contributed by atoms with Gasteiger partial charge >= 0.3 is 0 Å². The predicted octanol–water partition coefficient (Wildman–Crippen LogP) is 1.87. The van der Waals surface area contributed by atoms with E-state index < -0.39 is 0 Å². The minimum Gasteiger partial charge on any atom is -0.394 e. The van der Waals surface area contributed by atoms with E-state index in [0.29, 0.717) is 6.42 Å². The zero-order valence-corrected chi connectivity index (χ0v) is 7.61. The fourth-order valence-corrected chi connectivity index (χ4v) is 0.942. The van der Waals surface area contributed by atoms with Gasteiger partial charge in [-0.05, 0) is 12.8 Å². The van der Waals surface area contributed by atoms with Crippen LogP contribution in [0.25, 0.3) is 0 Å². The average Bonchev–Trinajstić information content (AvgIpc) is 2.00. The summed E-state index contributed by atoms with van der Waals surface area (Å²) in [7, 11) is 1.81. The third-order valence-electron chi connectivity index (χ3n) is 1.53. The zero-order chi connectivity index (χ0) is 8.69. The minimum absolute atomic E-state index is 0.268. The number of nitrogens with one attached hydrogen (secondary N) is 1. The van der Waals surface area contributed by atoms with Crippen molar-refractivity contribution in [3.05, 3.63) is 11.8 Å². The summed E-state index contributed by atoms with van der Waals surface area (Å²) >= 11 is 0. The maximum Gasteiger partial charge on any atom is 0.160 e. The summed E-state index contributed by atoms with van der Waals surface area (Å²) in [4.78, 5) is 11.3. The first-order chi connectivity index (χ1) is 5.26. The van der Waals surface area contributed by atoms with Crippen LogP contribution >= 0.6 is 0 Å². The normalized spacial score (nSPS) is 11.4. The molecule has 0 aliphatic heterocycles. The third kappa shape index (κ3) is 3.81. The first-order valence-electron chi connectivity index (χ1n) is 4.15. The molecule has 0 aromatic heterocycles. The number of carbonyl (C=O) groups is 1. The molecule has 0 aromatic rings. The Balaban J connectivity index is 4.03. The monoisotopic (exact) mass is 155 g/mol. The van der Waals surface area contributed by atoms with Gasteiger partial charge in [-0.15, -0.1) is 0 Å². The van der Waals surface area contributed by atoms with Crippen molar-refractivity contribution in [1.29, 1.82) is 0 Å². The van der Waals surface area contributed by atoms with Gasteiger partial charge in [-0.2, -0.15) is 0 Å². The van der Waals surface area contributed by atoms with Gasteiger partial charge in [0.1, 0.15) is 0 Å². The molecule has 0 bridgehead atoms. The van der Waals surface area contributed by atoms with Crippen molar-refractivity contribution in [3.8, 4) is 0 Å². The van der Waals surface area contributed by atoms with Crippen molar-refractivity contribution in [2.24, 2.45) is 0 Å². The molecule has 11 heavy (non-hydrogen) atoms. The lowest BCUT2D eigenvalue weighted by Crippen LogP contribution is -2.05. The molecular formula is C9H17NO. The Kier molecular flexibility index (Phi) is 5.53. The molecule has 0 saturated carbocycles. The van der Waals surface area contributed by atoms with E-state index in [1.807, 2.05) is 20.9 Å². The van der Waals surface area contributed by atoms with Gasteiger partial charge in [0.05, 0.1) is 0 Å². The molecule has 0 amide bonds. The van der Waals surface area contributed by atoms with Crippen molar-refractivity contribution in [1.82, 2.24) is 5.32 Å². The number of hydrogen-bond acceptors (Lipinski definition) is 2. The minimum atomic E-state index is 0.268. The highest BCUT2D eigenvalue weighted by atomic mass is 16.1. The lowest BCUT2D eigenvalue weighted by atomic mass is 10.1. The summed E-state index contributed by atoms with van der Waals surface area (Å²) < 4.78 is 0. The quantitative estimate of drug-likeness (QED) is 0.614. The van der Waals surface area contributed by atoms with Crippen LogP contribution in [0.1, 0.15) is 33.1 Å². The number of Topliss-reactive ketones (excluding diaryl/α,β-unsaturated/α-hetero) is 1. The summed E-state index contributed by atoms with van der Waals surface area (Å²) in [6.07, 6.45) is 4.21. The molecule has 0 aliphatic carbocycles. The smallest absolute Gasteiger partial charge is 0.160 e. The van der Waals surface area contributed by atoms with Crippen molar-refractivity contribution < 1.29 is 4.79 Å². The maximum absolute atomic E-state index is 11.3. The van der Waals surface area contributed by atoms with Crippen LogP contribution in [-0.4, -0.2) is 12.8 Å². The molecule has 0 atom stereocenters. The molecule has 0 rings (SSSR count). The standard InChI is InChI=1S/C9H17NO/c1-4-6-9(11)8(5-2)7-10-3/h7,10H,4-6H2,1-3H3/b8-7-. The molecule has 0 aliphatic rings. The van der Waals surface area contributed by atoms with E-state index in [4.69, 9.17) is 0 Å². The Morgan fingerprint density at radius 1 is 1.45 bits per heavy atom. The molecule has 0 heterocycles. The van der Waals surface area contributed by atoms with Gasteiger partial charge < -0.3 is 5.32 Å². The van der Waals surface area contributed by atoms with Crippen LogP contribution in [0.15, 0.2) is 11.8 Å². The lowest BCUT2D eigenvalue weighted by Gasteiger charge is -2.01. The number of allylic oxidation sites excluding steroid dienone is 1. The fraction of sp³-hybridized carbons (Fsp3) is 0.667. The van der Waals surface area contributed by atoms with Gasteiger partial charge in [-0.25, -0.2) is 0 Å². The second-order valence-corrected chi connectivity index (χ2v) is 2.48. The molecule has 0 aromatic carbocycles. The Labute approximate surface area is 68.7 Å². The van der Waals surface area contributed by atoms with Gasteiger partial charge in [0.25, 0.3) is 0 Å². The molecule has 64 valence electrons. The summed E-state index contributed by atoms with van der Waals surface area (Å²) in [6, 6.07) is 0. The van der Waals surface area contributed by atoms with Gasteiger partial charge in [0.2, 0.25) is 0 Å². The average molecular weight is 155 g/mol. The summed E-state index contributed by atoms with van der Waals surface area (Å²) in [6.45, 7) is 4.02. The lowest BCUT2D eigenvalue weighted by molar-refractivity contribution is -0.115. The van der Waals surface area contributed by atoms with Crippen LogP contribution < -0.4 is 5.32 Å². The third-order valence-corrected chi connectivity index (χ3v) is 1.53. The predicted molar refractivity (Wildman–Crippen MR) is 47.3 cm³/mol. The molecule has 0 fully saturated rings. The number of hydrogen-bond donors (Lipinski definition) is 1. The van der Waals surface area contributed by atoms with E-state index in [9.17, 15) is 4.79 Å². The number of rotatable bonds is 5. The van der Waals surface area contributed by atoms with Gasteiger partial charge in [-0.1, -0.05) is 13.8 Å². The van der Waals surface area contributed by atoms with E-state index in [1.165, 1.54) is 0 Å². The second-order valence-electron chi connectivity index (χ2n) is 2.48. The summed E-state index contributed by atoms with van der Waals surface area (Å²) in [5, 5.41) is 2.88. The second kappa shape index (κ2) is 5.96. The van der Waals surface area contributed by atoms with E-state index in [-0.39, 0.29) is 5.78 Å². The zero-order valence-electron chi connectivity index (χ0n) is 7.61. The molecule has 0 unspecified atom stereocenters. The topological polar surface area (TPSA) is 29.1 Å². The molecule has 0 spiro atoms. The van der Waals surface area contributed by atoms with Crippen LogP contribution in [0.5, 0.6) is 0 Å². The van der Waals surface area contributed by atoms with E-state index in [2.05, 4.69) is 5.32 Å². The molecule has 2 heteroatoms. The van der Waals surface area contributed by atoms with Crippen LogP contribution in [0.3, 0.4) is 0 Å². The highest BCUT2D eigenvalue weighted by Crippen LogP contribution is 2.05. The van der Waals surface area contributed by atoms with Crippen molar-refractivity contribution in [2.45, 2.75) is 33.1 Å².